The lowest BCUT2D eigenvalue weighted by Gasteiger charge is -2.49. The van der Waals surface area contributed by atoms with Gasteiger partial charge in [0.1, 0.15) is 5.75 Å². The summed E-state index contributed by atoms with van der Waals surface area (Å²) in [5.41, 5.74) is 3.18. The monoisotopic (exact) mass is 413 g/mol. The van der Waals surface area contributed by atoms with Gasteiger partial charge in [0.2, 0.25) is 5.72 Å². The highest BCUT2D eigenvalue weighted by Gasteiger charge is 2.52. The van der Waals surface area contributed by atoms with E-state index in [0.717, 1.165) is 53.8 Å². The molecule has 26 heavy (non-hydrogen) atoms. The van der Waals surface area contributed by atoms with Crippen molar-refractivity contribution in [3.63, 3.8) is 0 Å². The Morgan fingerprint density at radius 2 is 1.96 bits per heavy atom. The van der Waals surface area contributed by atoms with Crippen LogP contribution in [0.4, 0.5) is 0 Å². The topological polar surface area (TPSA) is 42.2 Å². The molecule has 5 rings (SSSR count). The summed E-state index contributed by atoms with van der Waals surface area (Å²) in [6.07, 6.45) is 6.58. The molecule has 1 fully saturated rings. The molecule has 0 bridgehead atoms. The summed E-state index contributed by atoms with van der Waals surface area (Å²) in [6, 6.07) is 10.7. The Bertz CT molecular complexity index is 861. The predicted octanol–water partition coefficient (Wildman–Crippen LogP) is 2.39. The van der Waals surface area contributed by atoms with E-state index in [-0.39, 0.29) is 11.8 Å². The van der Waals surface area contributed by atoms with E-state index in [2.05, 4.69) is 51.2 Å². The lowest BCUT2D eigenvalue weighted by Crippen LogP contribution is -3.11. The molecule has 134 valence electrons. The molecule has 4 heterocycles. The minimum absolute atomic E-state index is 0.234. The first-order valence-corrected chi connectivity index (χ1v) is 10.0. The molecule has 6 heteroatoms. The maximum absolute atomic E-state index is 6.63. The van der Waals surface area contributed by atoms with Gasteiger partial charge in [-0.05, 0) is 30.3 Å². The first kappa shape index (κ1) is 16.3. The van der Waals surface area contributed by atoms with Crippen molar-refractivity contribution in [2.75, 3.05) is 20.1 Å². The number of aromatic nitrogens is 1. The lowest BCUT2D eigenvalue weighted by atomic mass is 9.91. The highest BCUT2D eigenvalue weighted by Crippen LogP contribution is 2.49. The van der Waals surface area contributed by atoms with Crippen LogP contribution in [0.2, 0.25) is 0 Å². The second-order valence-electron chi connectivity index (χ2n) is 7.53. The molecule has 3 aliphatic heterocycles. The van der Waals surface area contributed by atoms with Gasteiger partial charge in [-0.3, -0.25) is 4.98 Å². The van der Waals surface area contributed by atoms with Crippen molar-refractivity contribution < 1.29 is 9.64 Å². The van der Waals surface area contributed by atoms with Crippen LogP contribution in [0.1, 0.15) is 36.4 Å². The average molecular weight is 414 g/mol. The Morgan fingerprint density at radius 1 is 1.19 bits per heavy atom. The van der Waals surface area contributed by atoms with Crippen molar-refractivity contribution in [2.24, 2.45) is 5.10 Å². The van der Waals surface area contributed by atoms with Crippen molar-refractivity contribution in [1.29, 1.82) is 0 Å². The zero-order chi connectivity index (χ0) is 17.7. The van der Waals surface area contributed by atoms with Crippen LogP contribution in [0.25, 0.3) is 0 Å². The largest absolute Gasteiger partial charge is 0.466 e. The third-order valence-corrected chi connectivity index (χ3v) is 6.35. The van der Waals surface area contributed by atoms with Gasteiger partial charge >= 0.3 is 0 Å². The fraction of sp³-hybridized carbons (Fsp3) is 0.400. The molecule has 5 nitrogen and oxygen atoms in total. The minimum atomic E-state index is -0.320. The van der Waals surface area contributed by atoms with E-state index in [4.69, 9.17) is 9.84 Å². The minimum Gasteiger partial charge on any atom is -0.466 e. The van der Waals surface area contributed by atoms with Gasteiger partial charge in [-0.15, -0.1) is 0 Å². The highest BCUT2D eigenvalue weighted by molar-refractivity contribution is 9.10. The number of ether oxygens (including phenoxy) is 1. The van der Waals surface area contributed by atoms with Crippen molar-refractivity contribution in [3.05, 3.63) is 58.3 Å². The summed E-state index contributed by atoms with van der Waals surface area (Å²) in [5.74, 6) is 1.01. The van der Waals surface area contributed by atoms with Crippen LogP contribution in [0, 0.1) is 0 Å². The first-order valence-electron chi connectivity index (χ1n) is 9.22. The Balaban J connectivity index is 1.60. The fourth-order valence-corrected chi connectivity index (χ4v) is 4.75. The molecule has 1 spiro atoms. The smallest absolute Gasteiger partial charge is 0.208 e. The molecule has 0 saturated carbocycles. The number of halogens is 1. The number of hydrogen-bond donors (Lipinski definition) is 1. The van der Waals surface area contributed by atoms with Crippen molar-refractivity contribution in [3.8, 4) is 5.75 Å². The van der Waals surface area contributed by atoms with Crippen LogP contribution >= 0.6 is 15.9 Å². The molecular formula is C20H22BrN4O+. The van der Waals surface area contributed by atoms with Crippen LogP contribution in [-0.4, -0.2) is 41.6 Å². The van der Waals surface area contributed by atoms with Gasteiger partial charge in [0.05, 0.1) is 44.7 Å². The molecular weight excluding hydrogens is 392 g/mol. The van der Waals surface area contributed by atoms with E-state index < -0.39 is 0 Å². The number of benzene rings is 1. The lowest BCUT2D eigenvalue weighted by molar-refractivity contribution is -0.888. The van der Waals surface area contributed by atoms with Gasteiger partial charge < -0.3 is 9.64 Å². The van der Waals surface area contributed by atoms with Gasteiger partial charge in [0.15, 0.2) is 0 Å². The second-order valence-corrected chi connectivity index (χ2v) is 8.45. The van der Waals surface area contributed by atoms with Gasteiger partial charge in [-0.2, -0.15) is 5.10 Å². The molecule has 0 radical (unpaired) electrons. The number of hydrogen-bond acceptors (Lipinski definition) is 4. The predicted molar refractivity (Wildman–Crippen MR) is 103 cm³/mol. The molecule has 0 aliphatic carbocycles. The maximum Gasteiger partial charge on any atom is 0.208 e. The molecule has 1 N–H and O–H groups in total. The highest BCUT2D eigenvalue weighted by atomic mass is 79.9. The van der Waals surface area contributed by atoms with Crippen LogP contribution in [0.15, 0.2) is 52.3 Å². The van der Waals surface area contributed by atoms with E-state index >= 15 is 0 Å². The van der Waals surface area contributed by atoms with Crippen molar-refractivity contribution >= 4 is 21.6 Å². The summed E-state index contributed by atoms with van der Waals surface area (Å²) >= 11 is 3.62. The number of rotatable bonds is 1. The molecule has 1 atom stereocenters. The molecule has 1 aromatic carbocycles. The van der Waals surface area contributed by atoms with E-state index in [1.807, 2.05) is 24.5 Å². The molecule has 1 saturated heterocycles. The molecule has 2 aromatic rings. The Labute approximate surface area is 161 Å². The van der Waals surface area contributed by atoms with Gasteiger partial charge in [0.25, 0.3) is 0 Å². The zero-order valence-electron chi connectivity index (χ0n) is 14.8. The van der Waals surface area contributed by atoms with E-state index in [1.54, 1.807) is 4.90 Å². The van der Waals surface area contributed by atoms with Gasteiger partial charge in [0, 0.05) is 34.4 Å². The van der Waals surface area contributed by atoms with Crippen LogP contribution in [0.5, 0.6) is 5.75 Å². The molecule has 0 amide bonds. The number of quaternary nitrogens is 1. The Morgan fingerprint density at radius 3 is 2.73 bits per heavy atom. The van der Waals surface area contributed by atoms with Gasteiger partial charge in [-0.25, -0.2) is 5.01 Å². The molecule has 1 aromatic heterocycles. The number of pyridine rings is 1. The third-order valence-electron chi connectivity index (χ3n) is 5.86. The Hall–Kier alpha value is -1.92. The van der Waals surface area contributed by atoms with E-state index in [1.165, 1.54) is 5.56 Å². The Kier molecular flexibility index (Phi) is 3.79. The van der Waals surface area contributed by atoms with Crippen LogP contribution in [0.3, 0.4) is 0 Å². The summed E-state index contributed by atoms with van der Waals surface area (Å²) in [7, 11) is 2.26. The fourth-order valence-electron chi connectivity index (χ4n) is 4.37. The summed E-state index contributed by atoms with van der Waals surface area (Å²) in [6.45, 7) is 2.21. The number of piperidine rings is 1. The number of fused-ring (bicyclic) bond motifs is 4. The number of hydrazone groups is 1. The maximum atomic E-state index is 6.63. The van der Waals surface area contributed by atoms with Crippen molar-refractivity contribution in [1.82, 2.24) is 9.99 Å². The van der Waals surface area contributed by atoms with E-state index in [0.29, 0.717) is 0 Å². The number of nitrogens with zero attached hydrogens (tertiary/aromatic N) is 3. The van der Waals surface area contributed by atoms with Crippen molar-refractivity contribution in [2.45, 2.75) is 31.0 Å². The SMILES string of the molecule is C[NH+]1CCC2(CC1)Oc1ccc(Br)cc1[C@@H]1CC(c3ccncc3)=NN12. The summed E-state index contributed by atoms with van der Waals surface area (Å²) in [4.78, 5) is 5.71. The molecule has 0 unspecified atom stereocenters. The molecule has 3 aliphatic rings. The third kappa shape index (κ3) is 2.55. The average Bonchev–Trinajstić information content (AvgIpc) is 3.12. The zero-order valence-corrected chi connectivity index (χ0v) is 16.4. The second kappa shape index (κ2) is 6.06. The quantitative estimate of drug-likeness (QED) is 0.780. The van der Waals surface area contributed by atoms with Crippen LogP contribution < -0.4 is 9.64 Å². The van der Waals surface area contributed by atoms with E-state index in [9.17, 15) is 0 Å². The summed E-state index contributed by atoms with van der Waals surface area (Å²) in [5, 5.41) is 7.35. The number of nitrogens with one attached hydrogen (secondary N) is 1. The summed E-state index contributed by atoms with van der Waals surface area (Å²) < 4.78 is 7.72. The van der Waals surface area contributed by atoms with Crippen LogP contribution in [-0.2, 0) is 0 Å². The first-order chi connectivity index (χ1) is 12.6. The van der Waals surface area contributed by atoms with Gasteiger partial charge in [-0.1, -0.05) is 15.9 Å². The number of likely N-dealkylation sites (tertiary alicyclic amines) is 1. The normalized spacial score (nSPS) is 29.8. The standard InChI is InChI=1S/C20H21BrN4O/c1-24-10-6-20(7-11-24)25-18(16-12-15(21)2-3-19(16)26-20)13-17(23-25)14-4-8-22-9-5-14/h2-5,8-9,12,18H,6-7,10-11,13H2,1H3/p+1/t18-/m0/s1.